The molecule has 0 saturated carbocycles. The molecule has 0 spiro atoms. The number of hydrogen-bond donors (Lipinski definition) is 2. The maximum atomic E-state index is 13.4. The summed E-state index contributed by atoms with van der Waals surface area (Å²) in [6.07, 6.45) is 0.856. The van der Waals surface area contributed by atoms with Crippen LogP contribution in [-0.4, -0.2) is 271 Å². The van der Waals surface area contributed by atoms with Crippen molar-refractivity contribution in [3.8, 4) is 5.75 Å². The summed E-state index contributed by atoms with van der Waals surface area (Å²) in [4.78, 5) is 63.3. The number of ketones is 1. The lowest BCUT2D eigenvalue weighted by Gasteiger charge is -2.18. The SMILES string of the molecule is COCCOCCOCCOCCOCCOCCOCCOCCOCCOCCOCCOCCCC(=O)[C@H](Cc1ccc(OCC(=O)O)cc1)NC(=O)CCOCCOCCOCCOCCN1C(=O)c2ccccc2C1=O. The molecule has 0 aromatic heterocycles. The topological polar surface area (TPSA) is 278 Å². The molecular formula is C56H88N2O23. The molecule has 1 heterocycles. The first-order valence-electron chi connectivity index (χ1n) is 27.7. The van der Waals surface area contributed by atoms with Gasteiger partial charge in [-0.15, -0.1) is 0 Å². The number of ether oxygens (including phenoxy) is 17. The second-order valence-corrected chi connectivity index (χ2v) is 17.5. The molecule has 25 heteroatoms. The predicted octanol–water partition coefficient (Wildman–Crippen LogP) is 2.11. The van der Waals surface area contributed by atoms with Crippen LogP contribution in [0, 0.1) is 0 Å². The standard InChI is InChI=1S/C56H88N2O23/c1-65-17-18-69-25-26-73-31-32-75-35-36-77-39-40-79-43-44-80-42-41-78-38-37-76-34-33-74-30-27-70-22-19-66-14-4-7-52(59)51(45-47-8-10-48(11-9-47)81-46-54(61)62)57-53(60)12-15-67-20-23-71-28-29-72-24-21-68-16-13-58-55(63)49-5-2-3-6-50(49)56(58)64/h2-3,5-6,8-11,51H,4,7,12-46H2,1H3,(H,57,60)(H,61,62)/t51-/m0/s1. The summed E-state index contributed by atoms with van der Waals surface area (Å²) in [5.74, 6) is -1.89. The Hall–Kier alpha value is -4.65. The highest BCUT2D eigenvalue weighted by molar-refractivity contribution is 6.21. The van der Waals surface area contributed by atoms with Gasteiger partial charge in [-0.25, -0.2) is 4.79 Å². The monoisotopic (exact) mass is 1160 g/mol. The fourth-order valence-electron chi connectivity index (χ4n) is 7.11. The number of methoxy groups -OCH3 is 1. The van der Waals surface area contributed by atoms with Gasteiger partial charge in [-0.1, -0.05) is 24.3 Å². The number of carbonyl (C=O) groups is 5. The minimum Gasteiger partial charge on any atom is -0.482 e. The summed E-state index contributed by atoms with van der Waals surface area (Å²) in [5.41, 5.74) is 1.56. The number of carboxylic acid groups (broad SMARTS) is 1. The molecule has 0 fully saturated rings. The Labute approximate surface area is 475 Å². The van der Waals surface area contributed by atoms with E-state index in [1.807, 2.05) is 0 Å². The fraction of sp³-hybridized carbons (Fsp3) is 0.696. The Morgan fingerprint density at radius 2 is 0.790 bits per heavy atom. The van der Waals surface area contributed by atoms with E-state index in [-0.39, 0.29) is 75.7 Å². The maximum Gasteiger partial charge on any atom is 0.341 e. The van der Waals surface area contributed by atoms with Crippen molar-refractivity contribution in [1.82, 2.24) is 10.2 Å². The van der Waals surface area contributed by atoms with Gasteiger partial charge in [0.15, 0.2) is 12.4 Å². The van der Waals surface area contributed by atoms with Gasteiger partial charge in [0.2, 0.25) is 5.91 Å². The number of amides is 3. The summed E-state index contributed by atoms with van der Waals surface area (Å²) in [5, 5.41) is 11.8. The molecule has 2 aromatic rings. The highest BCUT2D eigenvalue weighted by Gasteiger charge is 2.34. The van der Waals surface area contributed by atoms with Gasteiger partial charge >= 0.3 is 5.97 Å². The highest BCUT2D eigenvalue weighted by Crippen LogP contribution is 2.22. The van der Waals surface area contributed by atoms with E-state index in [9.17, 15) is 24.0 Å². The van der Waals surface area contributed by atoms with Crippen LogP contribution in [0.25, 0.3) is 0 Å². The number of aliphatic carboxylic acids is 1. The molecule has 0 bridgehead atoms. The number of carboxylic acids is 1. The van der Waals surface area contributed by atoms with Crippen molar-refractivity contribution in [3.05, 3.63) is 65.2 Å². The first kappa shape index (κ1) is 70.6. The second-order valence-electron chi connectivity index (χ2n) is 17.5. The van der Waals surface area contributed by atoms with Gasteiger partial charge in [0.05, 0.1) is 222 Å². The maximum absolute atomic E-state index is 13.4. The van der Waals surface area contributed by atoms with Crippen LogP contribution in [0.2, 0.25) is 0 Å². The minimum absolute atomic E-state index is 0.0264. The molecule has 1 aliphatic rings. The first-order chi connectivity index (χ1) is 39.8. The third-order valence-corrected chi connectivity index (χ3v) is 11.2. The molecule has 3 rings (SSSR count). The van der Waals surface area contributed by atoms with Crippen molar-refractivity contribution in [2.75, 3.05) is 225 Å². The van der Waals surface area contributed by atoms with E-state index in [4.69, 9.17) is 85.6 Å². The van der Waals surface area contributed by atoms with Crippen LogP contribution in [0.15, 0.2) is 48.5 Å². The second kappa shape index (κ2) is 49.9. The molecule has 2 aromatic carbocycles. The van der Waals surface area contributed by atoms with Crippen LogP contribution in [0.3, 0.4) is 0 Å². The zero-order valence-electron chi connectivity index (χ0n) is 47.2. The van der Waals surface area contributed by atoms with Crippen molar-refractivity contribution in [2.24, 2.45) is 0 Å². The van der Waals surface area contributed by atoms with Gasteiger partial charge in [0, 0.05) is 26.6 Å². The molecule has 460 valence electrons. The van der Waals surface area contributed by atoms with Crippen LogP contribution in [0.5, 0.6) is 5.75 Å². The smallest absolute Gasteiger partial charge is 0.341 e. The van der Waals surface area contributed by atoms with E-state index >= 15 is 0 Å². The molecule has 25 nitrogen and oxygen atoms in total. The number of Topliss-reactive ketones (excluding diaryl/α,β-unsaturated/α-hetero) is 1. The number of carbonyl (C=O) groups excluding carboxylic acids is 4. The van der Waals surface area contributed by atoms with Crippen molar-refractivity contribution < 1.29 is 110 Å². The fourth-order valence-corrected chi connectivity index (χ4v) is 7.11. The van der Waals surface area contributed by atoms with Crippen molar-refractivity contribution >= 4 is 29.5 Å². The molecule has 0 saturated heterocycles. The average molecular weight is 1160 g/mol. The molecular weight excluding hydrogens is 1070 g/mol. The minimum atomic E-state index is -1.10. The number of nitrogens with zero attached hydrogens (tertiary/aromatic N) is 1. The van der Waals surface area contributed by atoms with Gasteiger partial charge in [-0.2, -0.15) is 0 Å². The Morgan fingerprint density at radius 3 is 1.16 bits per heavy atom. The lowest BCUT2D eigenvalue weighted by molar-refractivity contribution is -0.139. The number of benzene rings is 2. The third-order valence-electron chi connectivity index (χ3n) is 11.2. The molecule has 1 aliphatic heterocycles. The van der Waals surface area contributed by atoms with E-state index in [0.29, 0.717) is 202 Å². The molecule has 2 N–H and O–H groups in total. The van der Waals surface area contributed by atoms with Crippen LogP contribution >= 0.6 is 0 Å². The Kier molecular flexibility index (Phi) is 43.5. The quantitative estimate of drug-likeness (QED) is 0.0709. The van der Waals surface area contributed by atoms with Crippen LogP contribution in [0.4, 0.5) is 0 Å². The van der Waals surface area contributed by atoms with Crippen molar-refractivity contribution in [2.45, 2.75) is 31.7 Å². The Bertz CT molecular complexity index is 1880. The summed E-state index contributed by atoms with van der Waals surface area (Å²) in [6.45, 7) is 12.3. The number of hydrogen-bond acceptors (Lipinski definition) is 22. The molecule has 0 unspecified atom stereocenters. The molecule has 81 heavy (non-hydrogen) atoms. The van der Waals surface area contributed by atoms with Gasteiger partial charge in [0.25, 0.3) is 11.8 Å². The zero-order valence-corrected chi connectivity index (χ0v) is 47.2. The zero-order chi connectivity index (χ0) is 57.9. The number of rotatable bonds is 59. The first-order valence-corrected chi connectivity index (χ1v) is 27.7. The van der Waals surface area contributed by atoms with Gasteiger partial charge < -0.3 is 90.9 Å². The van der Waals surface area contributed by atoms with Crippen LogP contribution < -0.4 is 10.1 Å². The molecule has 0 radical (unpaired) electrons. The summed E-state index contributed by atoms with van der Waals surface area (Å²) < 4.78 is 92.7. The Balaban J connectivity index is 1.09. The van der Waals surface area contributed by atoms with Gasteiger partial charge in [-0.05, 0) is 42.7 Å². The van der Waals surface area contributed by atoms with E-state index in [1.54, 1.807) is 55.6 Å². The van der Waals surface area contributed by atoms with E-state index in [0.717, 1.165) is 5.56 Å². The van der Waals surface area contributed by atoms with Crippen LogP contribution in [-0.2, 0) is 96.6 Å². The van der Waals surface area contributed by atoms with Gasteiger partial charge in [-0.3, -0.25) is 24.1 Å². The van der Waals surface area contributed by atoms with E-state index in [1.165, 1.54) is 4.90 Å². The van der Waals surface area contributed by atoms with Crippen LogP contribution in [0.1, 0.15) is 45.5 Å². The average Bonchev–Trinajstić information content (AvgIpc) is 3.73. The Morgan fingerprint density at radius 1 is 0.444 bits per heavy atom. The molecule has 1 atom stereocenters. The number of nitrogens with one attached hydrogen (secondary N) is 1. The summed E-state index contributed by atoms with van der Waals surface area (Å²) in [6, 6.07) is 12.6. The summed E-state index contributed by atoms with van der Waals surface area (Å²) in [7, 11) is 1.64. The molecule has 0 aliphatic carbocycles. The van der Waals surface area contributed by atoms with E-state index < -0.39 is 18.6 Å². The third kappa shape index (κ3) is 37.2. The van der Waals surface area contributed by atoms with Gasteiger partial charge in [0.1, 0.15) is 5.75 Å². The molecule has 3 amide bonds. The predicted molar refractivity (Wildman–Crippen MR) is 290 cm³/mol. The van der Waals surface area contributed by atoms with Crippen molar-refractivity contribution in [3.63, 3.8) is 0 Å². The van der Waals surface area contributed by atoms with Crippen molar-refractivity contribution in [1.29, 1.82) is 0 Å². The van der Waals surface area contributed by atoms with E-state index in [2.05, 4.69) is 5.32 Å². The normalized spacial score (nSPS) is 12.6. The number of fused-ring (bicyclic) bond motifs is 1. The lowest BCUT2D eigenvalue weighted by Crippen LogP contribution is -2.42. The number of imide groups is 1. The highest BCUT2D eigenvalue weighted by atomic mass is 16.6. The summed E-state index contributed by atoms with van der Waals surface area (Å²) >= 11 is 0. The lowest BCUT2D eigenvalue weighted by atomic mass is 9.99. The largest absolute Gasteiger partial charge is 0.482 e.